The van der Waals surface area contributed by atoms with Gasteiger partial charge in [-0.3, -0.25) is 9.59 Å². The molecule has 3 rings (SSSR count). The first-order valence-electron chi connectivity index (χ1n) is 8.69. The van der Waals surface area contributed by atoms with Crippen LogP contribution >= 0.6 is 0 Å². The average molecular weight is 344 g/mol. The van der Waals surface area contributed by atoms with E-state index >= 15 is 0 Å². The molecule has 1 aliphatic heterocycles. The highest BCUT2D eigenvalue weighted by Gasteiger charge is 2.54. The summed E-state index contributed by atoms with van der Waals surface area (Å²) in [6.45, 7) is 1.80. The van der Waals surface area contributed by atoms with Gasteiger partial charge in [-0.05, 0) is 25.3 Å². The molecule has 7 nitrogen and oxygen atoms in total. The summed E-state index contributed by atoms with van der Waals surface area (Å²) in [6.07, 6.45) is 3.10. The molecule has 1 saturated heterocycles. The molecule has 1 aromatic carbocycles. The van der Waals surface area contributed by atoms with Crippen LogP contribution in [0.25, 0.3) is 0 Å². The van der Waals surface area contributed by atoms with Gasteiger partial charge in [0.15, 0.2) is 0 Å². The minimum Gasteiger partial charge on any atom is -0.352 e. The molecule has 134 valence electrons. The lowest BCUT2D eigenvalue weighted by Crippen LogP contribution is -2.50. The second-order valence-electron chi connectivity index (χ2n) is 6.83. The first-order valence-corrected chi connectivity index (χ1v) is 8.69. The fourth-order valence-corrected chi connectivity index (χ4v) is 3.60. The molecular formula is C18H24N4O3. The Labute approximate surface area is 146 Å². The van der Waals surface area contributed by atoms with Gasteiger partial charge in [-0.2, -0.15) is 0 Å². The van der Waals surface area contributed by atoms with Crippen LogP contribution in [-0.2, 0) is 9.59 Å². The first-order chi connectivity index (χ1) is 11.9. The van der Waals surface area contributed by atoms with Gasteiger partial charge < -0.3 is 16.4 Å². The lowest BCUT2D eigenvalue weighted by atomic mass is 9.97. The van der Waals surface area contributed by atoms with Gasteiger partial charge in [0.25, 0.3) is 5.91 Å². The third-order valence-corrected chi connectivity index (χ3v) is 5.14. The molecule has 1 aromatic rings. The smallest absolute Gasteiger partial charge is 0.325 e. The third kappa shape index (κ3) is 3.24. The minimum absolute atomic E-state index is 0.238. The molecule has 1 saturated carbocycles. The van der Waals surface area contributed by atoms with Crippen molar-refractivity contribution in [1.29, 1.82) is 0 Å². The quantitative estimate of drug-likeness (QED) is 0.695. The summed E-state index contributed by atoms with van der Waals surface area (Å²) in [5.74, 6) is -0.671. The van der Waals surface area contributed by atoms with Gasteiger partial charge >= 0.3 is 6.03 Å². The van der Waals surface area contributed by atoms with Crippen molar-refractivity contribution in [2.75, 3.05) is 6.54 Å². The van der Waals surface area contributed by atoms with Crippen LogP contribution in [0.5, 0.6) is 0 Å². The zero-order valence-corrected chi connectivity index (χ0v) is 14.3. The lowest BCUT2D eigenvalue weighted by molar-refractivity contribution is -0.137. The summed E-state index contributed by atoms with van der Waals surface area (Å²) in [5, 5.41) is 5.53. The number of nitrogens with two attached hydrogens (primary N) is 1. The number of benzene rings is 1. The lowest BCUT2D eigenvalue weighted by Gasteiger charge is -2.24. The van der Waals surface area contributed by atoms with Crippen LogP contribution in [0.3, 0.4) is 0 Å². The maximum absolute atomic E-state index is 12.7. The summed E-state index contributed by atoms with van der Waals surface area (Å²) in [4.78, 5) is 38.4. The maximum Gasteiger partial charge on any atom is 0.325 e. The molecule has 1 aliphatic carbocycles. The number of rotatable bonds is 5. The van der Waals surface area contributed by atoms with Crippen molar-refractivity contribution in [3.05, 3.63) is 35.9 Å². The Morgan fingerprint density at radius 1 is 1.28 bits per heavy atom. The predicted octanol–water partition coefficient (Wildman–Crippen LogP) is 1.06. The van der Waals surface area contributed by atoms with Gasteiger partial charge in [-0.15, -0.1) is 0 Å². The van der Waals surface area contributed by atoms with Crippen molar-refractivity contribution in [2.24, 2.45) is 5.73 Å². The van der Waals surface area contributed by atoms with E-state index in [0.717, 1.165) is 23.3 Å². The number of imide groups is 1. The fraction of sp³-hybridized carbons (Fsp3) is 0.500. The Morgan fingerprint density at radius 2 is 1.92 bits per heavy atom. The number of urea groups is 1. The molecule has 4 N–H and O–H groups in total. The number of carbonyl (C=O) groups is 3. The van der Waals surface area contributed by atoms with Gasteiger partial charge in [-0.25, -0.2) is 9.69 Å². The minimum atomic E-state index is -0.865. The van der Waals surface area contributed by atoms with E-state index in [1.165, 1.54) is 0 Å². The Bertz CT molecular complexity index is 670. The Kier molecular flexibility index (Phi) is 4.76. The molecular weight excluding hydrogens is 320 g/mol. The molecule has 0 aromatic heterocycles. The summed E-state index contributed by atoms with van der Waals surface area (Å²) in [7, 11) is 0. The van der Waals surface area contributed by atoms with Gasteiger partial charge in [-0.1, -0.05) is 43.2 Å². The number of hydrogen-bond donors (Lipinski definition) is 3. The molecule has 1 spiro atoms. The zero-order chi connectivity index (χ0) is 18.0. The summed E-state index contributed by atoms with van der Waals surface area (Å²) >= 11 is 0. The topological polar surface area (TPSA) is 105 Å². The van der Waals surface area contributed by atoms with Crippen LogP contribution in [0.2, 0.25) is 0 Å². The zero-order valence-electron chi connectivity index (χ0n) is 14.3. The normalized spacial score (nSPS) is 21.3. The van der Waals surface area contributed by atoms with Gasteiger partial charge in [0, 0.05) is 12.6 Å². The Balaban J connectivity index is 1.61. The van der Waals surface area contributed by atoms with Crippen molar-refractivity contribution < 1.29 is 14.4 Å². The van der Waals surface area contributed by atoms with Gasteiger partial charge in [0.1, 0.15) is 11.6 Å². The SMILES string of the molecule is CC(C(=O)NCC(N)c1ccccc1)N1C(=O)NC2(CCCC2)C1=O. The molecule has 0 radical (unpaired) electrons. The van der Waals surface area contributed by atoms with Crippen LogP contribution in [0.15, 0.2) is 30.3 Å². The summed E-state index contributed by atoms with van der Waals surface area (Å²) in [5.41, 5.74) is 6.18. The van der Waals surface area contributed by atoms with Crippen molar-refractivity contribution in [3.8, 4) is 0 Å². The van der Waals surface area contributed by atoms with Gasteiger partial charge in [0.2, 0.25) is 5.91 Å². The van der Waals surface area contributed by atoms with Crippen LogP contribution in [0, 0.1) is 0 Å². The summed E-state index contributed by atoms with van der Waals surface area (Å²) in [6, 6.07) is 7.75. The van der Waals surface area contributed by atoms with Crippen molar-refractivity contribution in [3.63, 3.8) is 0 Å². The first kappa shape index (κ1) is 17.4. The molecule has 7 heteroatoms. The van der Waals surface area contributed by atoms with E-state index in [-0.39, 0.29) is 24.4 Å². The van der Waals surface area contributed by atoms with E-state index in [9.17, 15) is 14.4 Å². The summed E-state index contributed by atoms with van der Waals surface area (Å²) < 4.78 is 0. The predicted molar refractivity (Wildman–Crippen MR) is 92.4 cm³/mol. The molecule has 1 heterocycles. The van der Waals surface area contributed by atoms with Crippen LogP contribution in [-0.4, -0.2) is 40.9 Å². The average Bonchev–Trinajstić information content (AvgIpc) is 3.18. The number of hydrogen-bond acceptors (Lipinski definition) is 4. The standard InChI is InChI=1S/C18H24N4O3/c1-12(15(23)20-11-14(19)13-7-3-2-4-8-13)22-16(24)18(21-17(22)25)9-5-6-10-18/h2-4,7-8,12,14H,5-6,9-11,19H2,1H3,(H,20,23)(H,21,25). The highest BCUT2D eigenvalue weighted by Crippen LogP contribution is 2.35. The second kappa shape index (κ2) is 6.84. The number of amides is 4. The molecule has 4 amide bonds. The molecule has 2 unspecified atom stereocenters. The van der Waals surface area contributed by atoms with Crippen LogP contribution < -0.4 is 16.4 Å². The van der Waals surface area contributed by atoms with Crippen molar-refractivity contribution in [2.45, 2.75) is 50.2 Å². The molecule has 0 bridgehead atoms. The third-order valence-electron chi connectivity index (χ3n) is 5.14. The number of nitrogens with zero attached hydrogens (tertiary/aromatic N) is 1. The second-order valence-corrected chi connectivity index (χ2v) is 6.83. The van der Waals surface area contributed by atoms with Gasteiger partial charge in [0.05, 0.1) is 0 Å². The molecule has 2 atom stereocenters. The molecule has 2 aliphatic rings. The monoisotopic (exact) mass is 344 g/mol. The largest absolute Gasteiger partial charge is 0.352 e. The van der Waals surface area contributed by atoms with E-state index < -0.39 is 17.6 Å². The number of nitrogens with one attached hydrogen (secondary N) is 2. The highest BCUT2D eigenvalue weighted by molar-refractivity contribution is 6.09. The molecule has 2 fully saturated rings. The molecule has 25 heavy (non-hydrogen) atoms. The number of carbonyl (C=O) groups excluding carboxylic acids is 3. The maximum atomic E-state index is 12.7. The van der Waals surface area contributed by atoms with Crippen LogP contribution in [0.1, 0.15) is 44.2 Å². The van der Waals surface area contributed by atoms with E-state index in [1.807, 2.05) is 30.3 Å². The van der Waals surface area contributed by atoms with E-state index in [2.05, 4.69) is 10.6 Å². The fourth-order valence-electron chi connectivity index (χ4n) is 3.60. The van der Waals surface area contributed by atoms with E-state index in [1.54, 1.807) is 6.92 Å². The van der Waals surface area contributed by atoms with Crippen molar-refractivity contribution in [1.82, 2.24) is 15.5 Å². The van der Waals surface area contributed by atoms with E-state index in [0.29, 0.717) is 12.8 Å². The van der Waals surface area contributed by atoms with Crippen molar-refractivity contribution >= 4 is 17.8 Å². The van der Waals surface area contributed by atoms with Crippen LogP contribution in [0.4, 0.5) is 4.79 Å². The van der Waals surface area contributed by atoms with E-state index in [4.69, 9.17) is 5.73 Å². The Morgan fingerprint density at radius 3 is 2.56 bits per heavy atom. The Hall–Kier alpha value is -2.41. The highest BCUT2D eigenvalue weighted by atomic mass is 16.2.